The molecule has 6 nitrogen and oxygen atoms in total. The maximum absolute atomic E-state index is 12.8. The van der Waals surface area contributed by atoms with E-state index in [1.165, 1.54) is 0 Å². The summed E-state index contributed by atoms with van der Waals surface area (Å²) in [6, 6.07) is 12.2. The van der Waals surface area contributed by atoms with Gasteiger partial charge in [-0.1, -0.05) is 47.1 Å². The highest BCUT2D eigenvalue weighted by Crippen LogP contribution is 2.39. The minimum atomic E-state index is -3.73. The zero-order chi connectivity index (χ0) is 19.0. The van der Waals surface area contributed by atoms with Crippen LogP contribution in [0.5, 0.6) is 0 Å². The van der Waals surface area contributed by atoms with Crippen LogP contribution in [0.3, 0.4) is 0 Å². The molecular formula is C19H18ClN3O3S. The molecule has 2 aromatic carbocycles. The molecule has 1 aliphatic rings. The summed E-state index contributed by atoms with van der Waals surface area (Å²) in [6.07, 6.45) is 2.11. The van der Waals surface area contributed by atoms with Crippen molar-refractivity contribution in [2.75, 3.05) is 0 Å². The molecule has 27 heavy (non-hydrogen) atoms. The van der Waals surface area contributed by atoms with Crippen molar-refractivity contribution in [3.63, 3.8) is 0 Å². The van der Waals surface area contributed by atoms with Crippen molar-refractivity contribution in [1.82, 2.24) is 14.9 Å². The van der Waals surface area contributed by atoms with Crippen LogP contribution in [0.4, 0.5) is 0 Å². The Kier molecular flexibility index (Phi) is 4.75. The molecule has 0 bridgehead atoms. The van der Waals surface area contributed by atoms with Crippen molar-refractivity contribution in [2.24, 2.45) is 0 Å². The van der Waals surface area contributed by atoms with E-state index in [4.69, 9.17) is 16.1 Å². The molecule has 0 unspecified atom stereocenters. The standard InChI is InChI=1S/C19H18ClN3O3S/c1-12-6-7-14(18-22-19(26-23-18)13-8-9-13)10-17(12)27(24,25)21-11-15-4-2-3-5-16(15)20/h2-7,10,13,21H,8-9,11H2,1H3. The first-order valence-corrected chi connectivity index (χ1v) is 10.5. The largest absolute Gasteiger partial charge is 0.339 e. The van der Waals surface area contributed by atoms with Gasteiger partial charge in [-0.25, -0.2) is 13.1 Å². The number of hydrogen-bond acceptors (Lipinski definition) is 5. The molecule has 0 amide bonds. The molecule has 1 heterocycles. The fourth-order valence-electron chi connectivity index (χ4n) is 2.77. The Morgan fingerprint density at radius 1 is 1.22 bits per heavy atom. The lowest BCUT2D eigenvalue weighted by atomic mass is 10.1. The van der Waals surface area contributed by atoms with E-state index in [9.17, 15) is 8.42 Å². The first-order chi connectivity index (χ1) is 12.9. The van der Waals surface area contributed by atoms with E-state index in [2.05, 4.69) is 14.9 Å². The van der Waals surface area contributed by atoms with E-state index >= 15 is 0 Å². The highest BCUT2D eigenvalue weighted by Gasteiger charge is 2.30. The normalized spacial score (nSPS) is 14.4. The second-order valence-corrected chi connectivity index (χ2v) is 8.77. The van der Waals surface area contributed by atoms with Crippen LogP contribution >= 0.6 is 11.6 Å². The van der Waals surface area contributed by atoms with Crippen molar-refractivity contribution < 1.29 is 12.9 Å². The molecule has 1 saturated carbocycles. The summed E-state index contributed by atoms with van der Waals surface area (Å²) in [5.74, 6) is 1.36. The first kappa shape index (κ1) is 18.2. The third-order valence-corrected chi connectivity index (χ3v) is 6.43. The third kappa shape index (κ3) is 3.90. The molecule has 1 aromatic heterocycles. The molecule has 1 aliphatic carbocycles. The van der Waals surface area contributed by atoms with Gasteiger partial charge in [-0.3, -0.25) is 0 Å². The molecule has 0 radical (unpaired) electrons. The summed E-state index contributed by atoms with van der Waals surface area (Å²) < 4.78 is 33.5. The van der Waals surface area contributed by atoms with Gasteiger partial charge in [0.1, 0.15) is 0 Å². The summed E-state index contributed by atoms with van der Waals surface area (Å²) in [7, 11) is -3.73. The Morgan fingerprint density at radius 2 is 2.00 bits per heavy atom. The minimum absolute atomic E-state index is 0.111. The molecule has 140 valence electrons. The van der Waals surface area contributed by atoms with Gasteiger partial charge < -0.3 is 4.52 Å². The number of aryl methyl sites for hydroxylation is 1. The third-order valence-electron chi connectivity index (χ3n) is 4.51. The molecule has 1 fully saturated rings. The van der Waals surface area contributed by atoms with Crippen molar-refractivity contribution in [3.05, 3.63) is 64.5 Å². The second kappa shape index (κ2) is 7.07. The lowest BCUT2D eigenvalue weighted by Gasteiger charge is -2.11. The average molecular weight is 404 g/mol. The molecule has 0 aliphatic heterocycles. The summed E-state index contributed by atoms with van der Waals surface area (Å²) in [5.41, 5.74) is 1.95. The Morgan fingerprint density at radius 3 is 2.74 bits per heavy atom. The first-order valence-electron chi connectivity index (χ1n) is 8.62. The van der Waals surface area contributed by atoms with Crippen LogP contribution in [0.1, 0.15) is 35.8 Å². The zero-order valence-electron chi connectivity index (χ0n) is 14.6. The minimum Gasteiger partial charge on any atom is -0.339 e. The monoisotopic (exact) mass is 403 g/mol. The summed E-state index contributed by atoms with van der Waals surface area (Å²) in [5, 5.41) is 4.51. The highest BCUT2D eigenvalue weighted by molar-refractivity contribution is 7.89. The number of rotatable bonds is 6. The topological polar surface area (TPSA) is 85.1 Å². The number of halogens is 1. The highest BCUT2D eigenvalue weighted by atomic mass is 35.5. The number of aromatic nitrogens is 2. The van der Waals surface area contributed by atoms with Gasteiger partial charge in [0.2, 0.25) is 21.7 Å². The Hall–Kier alpha value is -2.22. The second-order valence-electron chi connectivity index (χ2n) is 6.63. The predicted molar refractivity (Wildman–Crippen MR) is 102 cm³/mol. The molecule has 0 saturated heterocycles. The van der Waals surface area contributed by atoms with Crippen LogP contribution < -0.4 is 4.72 Å². The predicted octanol–water partition coefficient (Wildman–Crippen LogP) is 4.05. The molecule has 4 rings (SSSR count). The summed E-state index contributed by atoms with van der Waals surface area (Å²) in [4.78, 5) is 4.58. The van der Waals surface area contributed by atoms with Crippen LogP contribution in [0, 0.1) is 6.92 Å². The number of nitrogens with zero attached hydrogens (tertiary/aromatic N) is 2. The van der Waals surface area contributed by atoms with Crippen LogP contribution in [-0.4, -0.2) is 18.6 Å². The summed E-state index contributed by atoms with van der Waals surface area (Å²) >= 11 is 6.11. The van der Waals surface area contributed by atoms with Gasteiger partial charge in [0.05, 0.1) is 4.90 Å². The molecule has 1 N–H and O–H groups in total. The molecule has 0 atom stereocenters. The number of sulfonamides is 1. The Balaban J connectivity index is 1.60. The van der Waals surface area contributed by atoms with Crippen LogP contribution in [0.2, 0.25) is 5.02 Å². The van der Waals surface area contributed by atoms with Gasteiger partial charge in [0.25, 0.3) is 0 Å². The van der Waals surface area contributed by atoms with Crippen molar-refractivity contribution >= 4 is 21.6 Å². The number of hydrogen-bond donors (Lipinski definition) is 1. The van der Waals surface area contributed by atoms with Crippen LogP contribution in [0.15, 0.2) is 51.9 Å². The van der Waals surface area contributed by atoms with Crippen LogP contribution in [-0.2, 0) is 16.6 Å². The van der Waals surface area contributed by atoms with Gasteiger partial charge in [0.15, 0.2) is 0 Å². The average Bonchev–Trinajstić information content (AvgIpc) is 3.38. The molecule has 0 spiro atoms. The van der Waals surface area contributed by atoms with E-state index in [1.54, 1.807) is 43.3 Å². The van der Waals surface area contributed by atoms with Crippen molar-refractivity contribution in [3.8, 4) is 11.4 Å². The maximum Gasteiger partial charge on any atom is 0.241 e. The lowest BCUT2D eigenvalue weighted by molar-refractivity contribution is 0.380. The Labute approximate surface area is 162 Å². The van der Waals surface area contributed by atoms with Gasteiger partial charge in [0, 0.05) is 23.0 Å². The van der Waals surface area contributed by atoms with E-state index in [1.807, 2.05) is 6.07 Å². The van der Waals surface area contributed by atoms with E-state index in [0.717, 1.165) is 12.8 Å². The van der Waals surface area contributed by atoms with Gasteiger partial charge >= 0.3 is 0 Å². The van der Waals surface area contributed by atoms with Gasteiger partial charge in [-0.05, 0) is 43.0 Å². The smallest absolute Gasteiger partial charge is 0.241 e. The Bertz CT molecular complexity index is 1090. The number of benzene rings is 2. The van der Waals surface area contributed by atoms with Crippen molar-refractivity contribution in [1.29, 1.82) is 0 Å². The summed E-state index contributed by atoms with van der Waals surface area (Å²) in [6.45, 7) is 1.86. The quantitative estimate of drug-likeness (QED) is 0.670. The molecular weight excluding hydrogens is 386 g/mol. The van der Waals surface area contributed by atoms with Gasteiger partial charge in [-0.15, -0.1) is 0 Å². The van der Waals surface area contributed by atoms with E-state index < -0.39 is 10.0 Å². The van der Waals surface area contributed by atoms with Gasteiger partial charge in [-0.2, -0.15) is 4.98 Å². The van der Waals surface area contributed by atoms with Crippen molar-refractivity contribution in [2.45, 2.75) is 37.1 Å². The van der Waals surface area contributed by atoms with Crippen LogP contribution in [0.25, 0.3) is 11.4 Å². The SMILES string of the molecule is Cc1ccc(-c2noc(C3CC3)n2)cc1S(=O)(=O)NCc1ccccc1Cl. The van der Waals surface area contributed by atoms with E-state index in [0.29, 0.717) is 39.3 Å². The number of nitrogens with one attached hydrogen (secondary N) is 1. The zero-order valence-corrected chi connectivity index (χ0v) is 16.2. The fourth-order valence-corrected chi connectivity index (χ4v) is 4.25. The molecule has 8 heteroatoms. The lowest BCUT2D eigenvalue weighted by Crippen LogP contribution is -2.24. The van der Waals surface area contributed by atoms with E-state index in [-0.39, 0.29) is 11.4 Å². The maximum atomic E-state index is 12.8. The fraction of sp³-hybridized carbons (Fsp3) is 0.263. The molecule has 3 aromatic rings.